The molecule has 0 amide bonds. The molecule has 1 N–H and O–H groups in total. The Morgan fingerprint density at radius 1 is 0.273 bits per heavy atom. The number of phosphoric ester groups is 1. The van der Waals surface area contributed by atoms with Gasteiger partial charge in [0.25, 0.3) is 0 Å². The van der Waals surface area contributed by atoms with Gasteiger partial charge in [-0.1, -0.05) is 483 Å². The van der Waals surface area contributed by atoms with E-state index in [4.69, 9.17) is 18.5 Å². The van der Waals surface area contributed by atoms with Crippen LogP contribution in [0.1, 0.15) is 508 Å². The van der Waals surface area contributed by atoms with E-state index in [1.165, 1.54) is 443 Å². The van der Waals surface area contributed by atoms with E-state index in [1.54, 1.807) is 0 Å². The summed E-state index contributed by atoms with van der Waals surface area (Å²) >= 11 is 0. The van der Waals surface area contributed by atoms with Crippen molar-refractivity contribution in [1.82, 2.24) is 0 Å². The van der Waals surface area contributed by atoms with E-state index in [1.807, 2.05) is 21.1 Å². The van der Waals surface area contributed by atoms with Crippen molar-refractivity contribution in [3.8, 4) is 0 Å². The first-order valence-electron chi connectivity index (χ1n) is 45.3. The number of phosphoric acid groups is 1. The van der Waals surface area contributed by atoms with Crippen molar-refractivity contribution in [3.05, 3.63) is 0 Å². The molecule has 592 valence electrons. The molecule has 0 saturated heterocycles. The first kappa shape index (κ1) is 98.0. The number of nitrogens with zero attached hydrogens (tertiary/aromatic N) is 1. The molecule has 0 radical (unpaired) electrons. The Bertz CT molecular complexity index is 1620. The molecule has 0 aliphatic rings. The molecule has 0 bridgehead atoms. The van der Waals surface area contributed by atoms with Crippen molar-refractivity contribution in [2.75, 3.05) is 47.5 Å². The molecular weight excluding hydrogens is 1240 g/mol. The van der Waals surface area contributed by atoms with Gasteiger partial charge in [0.1, 0.15) is 19.8 Å². The molecule has 0 aliphatic heterocycles. The normalized spacial score (nSPS) is 12.8. The summed E-state index contributed by atoms with van der Waals surface area (Å²) in [6.45, 7) is 4.55. The van der Waals surface area contributed by atoms with E-state index in [2.05, 4.69) is 13.8 Å². The zero-order chi connectivity index (χ0) is 71.8. The van der Waals surface area contributed by atoms with E-state index < -0.39 is 26.5 Å². The molecule has 0 fully saturated rings. The second-order valence-corrected chi connectivity index (χ2v) is 34.2. The average molecular weight is 1420 g/mol. The molecule has 0 saturated carbocycles. The van der Waals surface area contributed by atoms with Crippen molar-refractivity contribution in [3.63, 3.8) is 0 Å². The predicted octanol–water partition coefficient (Wildman–Crippen LogP) is 30.4. The Morgan fingerprint density at radius 3 is 0.646 bits per heavy atom. The van der Waals surface area contributed by atoms with Gasteiger partial charge in [0, 0.05) is 12.8 Å². The number of hydrogen-bond donors (Lipinski definition) is 1. The number of hydrogen-bond acceptors (Lipinski definition) is 7. The van der Waals surface area contributed by atoms with Gasteiger partial charge in [-0.25, -0.2) is 4.57 Å². The molecule has 2 unspecified atom stereocenters. The van der Waals surface area contributed by atoms with Gasteiger partial charge in [0.2, 0.25) is 0 Å². The molecule has 0 spiro atoms. The zero-order valence-corrected chi connectivity index (χ0v) is 68.9. The SMILES string of the molecule is CCCCCCCCCCCCCCCCCCCCCCCCCCCCCCCCCCCCCCCCCCCC(=O)OC(COC(=O)CCCCCCCCCCCCCCCCCCCCCCCCCCCCCCCCCCCC)COP(=O)(O)OCC[N+](C)(C)C. The first-order valence-corrected chi connectivity index (χ1v) is 46.8. The van der Waals surface area contributed by atoms with Crippen LogP contribution in [-0.2, 0) is 32.7 Å². The fraction of sp³-hybridized carbons (Fsp3) is 0.978. The molecule has 10 heteroatoms. The standard InChI is InChI=1S/C89H178NO8P/c1-6-8-10-12-14-16-18-20-22-24-26-28-30-32-34-36-38-40-42-43-44-45-46-47-48-50-52-54-56-58-60-62-64-66-68-70-72-74-76-78-80-82-89(92)98-87(86-97-99(93,94)96-84-83-90(3,4)5)85-95-88(91)81-79-77-75-73-71-69-67-65-63-61-59-57-55-53-51-49-41-39-37-35-33-31-29-27-25-23-21-19-17-15-13-11-9-7-2/h87H,6-86H2,1-5H3/p+1. The summed E-state index contributed by atoms with van der Waals surface area (Å²) in [5.74, 6) is -0.762. The van der Waals surface area contributed by atoms with E-state index in [-0.39, 0.29) is 25.6 Å². The number of rotatable bonds is 87. The van der Waals surface area contributed by atoms with Gasteiger partial charge in [0.05, 0.1) is 27.7 Å². The van der Waals surface area contributed by atoms with Crippen LogP contribution in [0, 0.1) is 0 Å². The van der Waals surface area contributed by atoms with E-state index in [0.717, 1.165) is 38.5 Å². The van der Waals surface area contributed by atoms with Gasteiger partial charge in [-0.3, -0.25) is 18.6 Å². The minimum Gasteiger partial charge on any atom is -0.462 e. The predicted molar refractivity (Wildman–Crippen MR) is 432 cm³/mol. The molecule has 0 heterocycles. The van der Waals surface area contributed by atoms with Gasteiger partial charge in [0.15, 0.2) is 6.10 Å². The zero-order valence-electron chi connectivity index (χ0n) is 68.1. The van der Waals surface area contributed by atoms with Crippen LogP contribution in [0.3, 0.4) is 0 Å². The topological polar surface area (TPSA) is 108 Å². The van der Waals surface area contributed by atoms with Crippen LogP contribution >= 0.6 is 7.82 Å². The minimum atomic E-state index is -4.39. The number of unbranched alkanes of at least 4 members (excludes halogenated alkanes) is 73. The number of esters is 2. The first-order chi connectivity index (χ1) is 48.5. The second kappa shape index (κ2) is 81.1. The van der Waals surface area contributed by atoms with Crippen LogP contribution in [0.15, 0.2) is 0 Å². The Hall–Kier alpha value is -0.990. The smallest absolute Gasteiger partial charge is 0.462 e. The number of carbonyl (C=O) groups excluding carboxylic acids is 2. The third-order valence-corrected chi connectivity index (χ3v) is 22.4. The summed E-state index contributed by atoms with van der Waals surface area (Å²) in [7, 11) is 1.51. The lowest BCUT2D eigenvalue weighted by molar-refractivity contribution is -0.870. The third kappa shape index (κ3) is 85.8. The fourth-order valence-electron chi connectivity index (χ4n) is 14.5. The quantitative estimate of drug-likeness (QED) is 0.0278. The maximum atomic E-state index is 12.9. The summed E-state index contributed by atoms with van der Waals surface area (Å²) in [6, 6.07) is 0. The van der Waals surface area contributed by atoms with Gasteiger partial charge < -0.3 is 18.9 Å². The van der Waals surface area contributed by atoms with E-state index in [0.29, 0.717) is 17.4 Å². The summed E-state index contributed by atoms with van der Waals surface area (Å²) < 4.78 is 34.9. The molecule has 0 aromatic rings. The van der Waals surface area contributed by atoms with Crippen molar-refractivity contribution >= 4 is 19.8 Å². The molecule has 0 rings (SSSR count). The molecular formula is C89H179NO8P+. The maximum Gasteiger partial charge on any atom is 0.472 e. The highest BCUT2D eigenvalue weighted by atomic mass is 31.2. The fourth-order valence-corrected chi connectivity index (χ4v) is 15.2. The van der Waals surface area contributed by atoms with Crippen molar-refractivity contribution < 1.29 is 42.1 Å². The molecule has 2 atom stereocenters. The average Bonchev–Trinajstić information content (AvgIpc) is 0.987. The maximum absolute atomic E-state index is 12.9. The van der Waals surface area contributed by atoms with Crippen LogP contribution in [0.5, 0.6) is 0 Å². The minimum absolute atomic E-state index is 0.0380. The highest BCUT2D eigenvalue weighted by molar-refractivity contribution is 7.47. The Kier molecular flexibility index (Phi) is 80.3. The lowest BCUT2D eigenvalue weighted by Gasteiger charge is -2.24. The summed E-state index contributed by atoms with van der Waals surface area (Å²) in [6.07, 6.45) is 103. The molecule has 0 aliphatic carbocycles. The Labute approximate surface area is 620 Å². The lowest BCUT2D eigenvalue weighted by atomic mass is 10.0. The summed E-state index contributed by atoms with van der Waals surface area (Å²) in [5, 5.41) is 0. The van der Waals surface area contributed by atoms with Gasteiger partial charge >= 0.3 is 19.8 Å². The van der Waals surface area contributed by atoms with Crippen LogP contribution in [0.25, 0.3) is 0 Å². The summed E-state index contributed by atoms with van der Waals surface area (Å²) in [4.78, 5) is 36.1. The summed E-state index contributed by atoms with van der Waals surface area (Å²) in [5.41, 5.74) is 0. The van der Waals surface area contributed by atoms with E-state index >= 15 is 0 Å². The monoisotopic (exact) mass is 1420 g/mol. The number of quaternary nitrogens is 1. The van der Waals surface area contributed by atoms with Gasteiger partial charge in [-0.2, -0.15) is 0 Å². The van der Waals surface area contributed by atoms with Crippen molar-refractivity contribution in [1.29, 1.82) is 0 Å². The van der Waals surface area contributed by atoms with Crippen LogP contribution in [-0.4, -0.2) is 74.9 Å². The van der Waals surface area contributed by atoms with Crippen molar-refractivity contribution in [2.45, 2.75) is 514 Å². The van der Waals surface area contributed by atoms with E-state index in [9.17, 15) is 19.0 Å². The molecule has 9 nitrogen and oxygen atoms in total. The lowest BCUT2D eigenvalue weighted by Crippen LogP contribution is -2.37. The highest BCUT2D eigenvalue weighted by Crippen LogP contribution is 2.43. The van der Waals surface area contributed by atoms with Crippen LogP contribution in [0.4, 0.5) is 0 Å². The number of carbonyl (C=O) groups is 2. The van der Waals surface area contributed by atoms with Gasteiger partial charge in [-0.05, 0) is 12.8 Å². The molecule has 0 aromatic carbocycles. The largest absolute Gasteiger partial charge is 0.472 e. The van der Waals surface area contributed by atoms with Crippen LogP contribution < -0.4 is 0 Å². The Morgan fingerprint density at radius 2 is 0.455 bits per heavy atom. The molecule has 99 heavy (non-hydrogen) atoms. The highest BCUT2D eigenvalue weighted by Gasteiger charge is 2.27. The number of likely N-dealkylation sites (N-methyl/N-ethyl adjacent to an activating group) is 1. The van der Waals surface area contributed by atoms with Gasteiger partial charge in [-0.15, -0.1) is 0 Å². The third-order valence-electron chi connectivity index (χ3n) is 21.4. The number of ether oxygens (including phenoxy) is 2. The second-order valence-electron chi connectivity index (χ2n) is 32.7. The van der Waals surface area contributed by atoms with Crippen LogP contribution in [0.2, 0.25) is 0 Å². The van der Waals surface area contributed by atoms with Crippen molar-refractivity contribution in [2.24, 2.45) is 0 Å². The Balaban J connectivity index is 3.81. The molecule has 0 aromatic heterocycles.